The number of unbranched alkanes of at least 4 members (excludes halogenated alkanes) is 2. The molecule has 3 nitrogen and oxygen atoms in total. The molecular weight excluding hydrogens is 258 g/mol. The van der Waals surface area contributed by atoms with Gasteiger partial charge in [-0.3, -0.25) is 4.40 Å². The van der Waals surface area contributed by atoms with Crippen LogP contribution in [-0.2, 0) is 6.42 Å². The number of rotatable bonds is 4. The van der Waals surface area contributed by atoms with Gasteiger partial charge in [0.05, 0.1) is 17.2 Å². The van der Waals surface area contributed by atoms with Crippen LogP contribution >= 0.6 is 11.6 Å². The van der Waals surface area contributed by atoms with Crippen molar-refractivity contribution in [3.05, 3.63) is 41.4 Å². The lowest BCUT2D eigenvalue weighted by molar-refractivity contribution is 0.694. The number of fused-ring (bicyclic) bond motifs is 3. The molecule has 0 bridgehead atoms. The first kappa shape index (κ1) is 12.4. The molecule has 0 fully saturated rings. The zero-order valence-corrected chi connectivity index (χ0v) is 11.7. The molecule has 0 atom stereocenters. The maximum Gasteiger partial charge on any atom is 0.155 e. The number of benzene rings is 1. The van der Waals surface area contributed by atoms with Crippen LogP contribution < -0.4 is 0 Å². The third-order valence-corrected chi connectivity index (χ3v) is 3.67. The first-order valence-corrected chi connectivity index (χ1v) is 7.09. The molecular formula is C15H16ClN3. The normalized spacial score (nSPS) is 11.5. The van der Waals surface area contributed by atoms with Crippen LogP contribution in [0.5, 0.6) is 0 Å². The van der Waals surface area contributed by atoms with Crippen molar-refractivity contribution in [1.82, 2.24) is 14.4 Å². The van der Waals surface area contributed by atoms with E-state index in [-0.39, 0.29) is 0 Å². The van der Waals surface area contributed by atoms with Crippen molar-refractivity contribution in [2.45, 2.75) is 32.6 Å². The quantitative estimate of drug-likeness (QED) is 0.665. The average Bonchev–Trinajstić information content (AvgIpc) is 2.84. The first-order valence-electron chi connectivity index (χ1n) is 6.72. The Morgan fingerprint density at radius 3 is 2.84 bits per heavy atom. The second-order valence-electron chi connectivity index (χ2n) is 4.74. The van der Waals surface area contributed by atoms with Crippen LogP contribution in [0, 0.1) is 0 Å². The Hall–Kier alpha value is -1.61. The van der Waals surface area contributed by atoms with Crippen LogP contribution in [0.15, 0.2) is 30.5 Å². The smallest absolute Gasteiger partial charge is 0.155 e. The number of aryl methyl sites for hydroxylation is 1. The Kier molecular flexibility index (Phi) is 3.38. The van der Waals surface area contributed by atoms with Crippen LogP contribution in [-0.4, -0.2) is 14.4 Å². The molecule has 19 heavy (non-hydrogen) atoms. The van der Waals surface area contributed by atoms with E-state index >= 15 is 0 Å². The molecule has 2 heterocycles. The highest BCUT2D eigenvalue weighted by Crippen LogP contribution is 2.23. The predicted molar refractivity (Wildman–Crippen MR) is 78.7 cm³/mol. The minimum absolute atomic E-state index is 0.521. The largest absolute Gasteiger partial charge is 0.292 e. The highest BCUT2D eigenvalue weighted by molar-refractivity contribution is 6.33. The van der Waals surface area contributed by atoms with Gasteiger partial charge in [-0.15, -0.1) is 0 Å². The van der Waals surface area contributed by atoms with Gasteiger partial charge in [0.15, 0.2) is 5.15 Å². The van der Waals surface area contributed by atoms with Crippen molar-refractivity contribution in [2.24, 2.45) is 0 Å². The summed E-state index contributed by atoms with van der Waals surface area (Å²) in [6.45, 7) is 2.21. The number of imidazole rings is 1. The minimum atomic E-state index is 0.521. The predicted octanol–water partition coefficient (Wildman–Crippen LogP) is 4.27. The molecule has 4 heteroatoms. The highest BCUT2D eigenvalue weighted by atomic mass is 35.5. The van der Waals surface area contributed by atoms with Crippen LogP contribution in [0.2, 0.25) is 5.15 Å². The molecule has 3 aromatic rings. The van der Waals surface area contributed by atoms with E-state index in [0.29, 0.717) is 5.15 Å². The number of hydrogen-bond donors (Lipinski definition) is 0. The molecule has 0 aliphatic heterocycles. The number of para-hydroxylation sites is 2. The Balaban J connectivity index is 2.18. The zero-order valence-electron chi connectivity index (χ0n) is 10.9. The lowest BCUT2D eigenvalue weighted by Gasteiger charge is -2.06. The van der Waals surface area contributed by atoms with Gasteiger partial charge in [-0.1, -0.05) is 43.5 Å². The Labute approximate surface area is 117 Å². The molecule has 1 aromatic carbocycles. The van der Waals surface area contributed by atoms with E-state index in [2.05, 4.69) is 27.4 Å². The summed E-state index contributed by atoms with van der Waals surface area (Å²) in [4.78, 5) is 8.93. The molecule has 0 aliphatic carbocycles. The second-order valence-corrected chi connectivity index (χ2v) is 5.10. The van der Waals surface area contributed by atoms with Crippen molar-refractivity contribution in [2.75, 3.05) is 0 Å². The van der Waals surface area contributed by atoms with E-state index < -0.39 is 0 Å². The second kappa shape index (κ2) is 5.17. The molecule has 0 unspecified atom stereocenters. The molecule has 0 saturated heterocycles. The van der Waals surface area contributed by atoms with E-state index in [9.17, 15) is 0 Å². The summed E-state index contributed by atoms with van der Waals surface area (Å²) in [5, 5.41) is 0.521. The standard InChI is InChI=1S/C15H16ClN3/c1-2-3-4-9-14-17-10-13-15(16)18-11-7-5-6-8-12(11)19(13)14/h5-8,10H,2-4,9H2,1H3. The Morgan fingerprint density at radius 2 is 2.00 bits per heavy atom. The van der Waals surface area contributed by atoms with Gasteiger partial charge in [0.1, 0.15) is 11.3 Å². The van der Waals surface area contributed by atoms with Gasteiger partial charge in [-0.2, -0.15) is 0 Å². The molecule has 0 aliphatic rings. The topological polar surface area (TPSA) is 30.2 Å². The number of nitrogens with zero attached hydrogens (tertiary/aromatic N) is 3. The Bertz CT molecular complexity index is 718. The first-order chi connectivity index (χ1) is 9.31. The van der Waals surface area contributed by atoms with Gasteiger partial charge in [0.2, 0.25) is 0 Å². The summed E-state index contributed by atoms with van der Waals surface area (Å²) in [6.07, 6.45) is 6.40. The molecule has 0 amide bonds. The maximum absolute atomic E-state index is 6.24. The number of halogens is 1. The van der Waals surface area contributed by atoms with Crippen LogP contribution in [0.25, 0.3) is 16.6 Å². The fourth-order valence-corrected chi connectivity index (χ4v) is 2.65. The number of hydrogen-bond acceptors (Lipinski definition) is 2. The Morgan fingerprint density at radius 1 is 1.16 bits per heavy atom. The van der Waals surface area contributed by atoms with Crippen LogP contribution in [0.1, 0.15) is 32.0 Å². The molecule has 3 rings (SSSR count). The van der Waals surface area contributed by atoms with Crippen molar-refractivity contribution < 1.29 is 0 Å². The molecule has 98 valence electrons. The van der Waals surface area contributed by atoms with Crippen LogP contribution in [0.3, 0.4) is 0 Å². The molecule has 0 spiro atoms. The SMILES string of the molecule is CCCCCc1ncc2c(Cl)nc3ccccc3n12. The molecule has 0 radical (unpaired) electrons. The summed E-state index contributed by atoms with van der Waals surface area (Å²) < 4.78 is 2.14. The third kappa shape index (κ3) is 2.19. The average molecular weight is 274 g/mol. The summed E-state index contributed by atoms with van der Waals surface area (Å²) in [6, 6.07) is 8.05. The lowest BCUT2D eigenvalue weighted by atomic mass is 10.2. The van der Waals surface area contributed by atoms with Crippen LogP contribution in [0.4, 0.5) is 0 Å². The van der Waals surface area contributed by atoms with E-state index in [1.165, 1.54) is 12.8 Å². The summed E-state index contributed by atoms with van der Waals surface area (Å²) in [7, 11) is 0. The van der Waals surface area contributed by atoms with Crippen molar-refractivity contribution in [3.8, 4) is 0 Å². The third-order valence-electron chi connectivity index (χ3n) is 3.39. The van der Waals surface area contributed by atoms with Gasteiger partial charge >= 0.3 is 0 Å². The van der Waals surface area contributed by atoms with Crippen molar-refractivity contribution >= 4 is 28.2 Å². The van der Waals surface area contributed by atoms with E-state index in [0.717, 1.165) is 35.2 Å². The van der Waals surface area contributed by atoms with E-state index in [1.54, 1.807) is 0 Å². The van der Waals surface area contributed by atoms with Gasteiger partial charge in [-0.05, 0) is 18.6 Å². The van der Waals surface area contributed by atoms with Crippen molar-refractivity contribution in [3.63, 3.8) is 0 Å². The summed E-state index contributed by atoms with van der Waals surface area (Å²) in [5.74, 6) is 1.07. The monoisotopic (exact) mass is 273 g/mol. The van der Waals surface area contributed by atoms with Crippen molar-refractivity contribution in [1.29, 1.82) is 0 Å². The minimum Gasteiger partial charge on any atom is -0.292 e. The maximum atomic E-state index is 6.24. The van der Waals surface area contributed by atoms with E-state index in [1.807, 2.05) is 24.4 Å². The van der Waals surface area contributed by atoms with Gasteiger partial charge in [-0.25, -0.2) is 9.97 Å². The lowest BCUT2D eigenvalue weighted by Crippen LogP contribution is -1.98. The van der Waals surface area contributed by atoms with E-state index in [4.69, 9.17) is 11.6 Å². The summed E-state index contributed by atoms with van der Waals surface area (Å²) in [5.41, 5.74) is 2.88. The molecule has 2 aromatic heterocycles. The van der Waals surface area contributed by atoms with Gasteiger partial charge < -0.3 is 0 Å². The molecule has 0 N–H and O–H groups in total. The fraction of sp³-hybridized carbons (Fsp3) is 0.333. The van der Waals surface area contributed by atoms with Gasteiger partial charge in [0.25, 0.3) is 0 Å². The highest BCUT2D eigenvalue weighted by Gasteiger charge is 2.11. The zero-order chi connectivity index (χ0) is 13.2. The number of aromatic nitrogens is 3. The van der Waals surface area contributed by atoms with Gasteiger partial charge in [0, 0.05) is 6.42 Å². The fourth-order valence-electron chi connectivity index (χ4n) is 2.42. The molecule has 0 saturated carbocycles. The summed E-state index contributed by atoms with van der Waals surface area (Å²) >= 11 is 6.24.